The van der Waals surface area contributed by atoms with E-state index >= 15 is 0 Å². The Kier molecular flexibility index (Phi) is 8.06. The summed E-state index contributed by atoms with van der Waals surface area (Å²) in [5.41, 5.74) is -0.221. The van der Waals surface area contributed by atoms with Gasteiger partial charge in [-0.2, -0.15) is 18.4 Å². The third kappa shape index (κ3) is 6.75. The van der Waals surface area contributed by atoms with Crippen molar-refractivity contribution in [3.8, 4) is 6.07 Å². The van der Waals surface area contributed by atoms with Gasteiger partial charge in [0.15, 0.2) is 0 Å². The summed E-state index contributed by atoms with van der Waals surface area (Å²) in [6.45, 7) is 4.01. The zero-order valence-corrected chi connectivity index (χ0v) is 18.2. The van der Waals surface area contributed by atoms with E-state index in [0.717, 1.165) is 57.8 Å². The number of benzene rings is 1. The molecule has 5 nitrogen and oxygen atoms in total. The maximum Gasteiger partial charge on any atom is 0.417 e. The normalized spacial score (nSPS) is 22.7. The van der Waals surface area contributed by atoms with E-state index in [1.807, 2.05) is 11.0 Å². The lowest BCUT2D eigenvalue weighted by atomic mass is 9.84. The summed E-state index contributed by atoms with van der Waals surface area (Å²) in [4.78, 5) is 15.9. The summed E-state index contributed by atoms with van der Waals surface area (Å²) in [5.74, 6) is 0.444. The molecular formula is C22H28ClF3N4O. The number of carbonyl (C=O) groups excluding carboxylic acids is 1. The van der Waals surface area contributed by atoms with E-state index in [1.165, 1.54) is 6.07 Å². The van der Waals surface area contributed by atoms with Crippen LogP contribution in [0.15, 0.2) is 18.2 Å². The zero-order valence-electron chi connectivity index (χ0n) is 17.4. The van der Waals surface area contributed by atoms with Crippen molar-refractivity contribution in [2.75, 3.05) is 37.6 Å². The SMILES string of the molecule is N#CCC(=O)NC1CCC(CCN2CCN(c3ccc(Cl)c(C(F)(F)F)c3)CC2)CC1. The van der Waals surface area contributed by atoms with E-state index in [1.54, 1.807) is 6.07 Å². The van der Waals surface area contributed by atoms with Crippen LogP contribution in [0.4, 0.5) is 18.9 Å². The summed E-state index contributed by atoms with van der Waals surface area (Å²) in [6.07, 6.45) is 0.607. The Balaban J connectivity index is 1.40. The minimum absolute atomic E-state index is 0.0839. The van der Waals surface area contributed by atoms with Crippen LogP contribution in [-0.4, -0.2) is 49.6 Å². The minimum atomic E-state index is -4.45. The van der Waals surface area contributed by atoms with Gasteiger partial charge in [-0.15, -0.1) is 0 Å². The van der Waals surface area contributed by atoms with Crippen molar-refractivity contribution in [1.82, 2.24) is 10.2 Å². The van der Waals surface area contributed by atoms with E-state index in [2.05, 4.69) is 10.2 Å². The molecular weight excluding hydrogens is 429 g/mol. The molecule has 1 heterocycles. The molecule has 1 amide bonds. The summed E-state index contributed by atoms with van der Waals surface area (Å²) in [6, 6.07) is 6.18. The maximum atomic E-state index is 13.1. The molecule has 0 bridgehead atoms. The van der Waals surface area contributed by atoms with E-state index in [4.69, 9.17) is 16.9 Å². The van der Waals surface area contributed by atoms with Gasteiger partial charge in [0.05, 0.1) is 16.7 Å². The molecule has 1 aromatic rings. The Hall–Kier alpha value is -1.98. The zero-order chi connectivity index (χ0) is 22.4. The van der Waals surface area contributed by atoms with Crippen LogP contribution in [0, 0.1) is 17.2 Å². The molecule has 0 spiro atoms. The number of alkyl halides is 3. The van der Waals surface area contributed by atoms with Crippen molar-refractivity contribution >= 4 is 23.2 Å². The first kappa shape index (κ1) is 23.7. The van der Waals surface area contributed by atoms with E-state index in [-0.39, 0.29) is 23.4 Å². The number of anilines is 1. The molecule has 1 aliphatic heterocycles. The molecule has 3 rings (SSSR count). The number of carbonyl (C=O) groups is 1. The van der Waals surface area contributed by atoms with Crippen LogP contribution in [0.3, 0.4) is 0 Å². The molecule has 1 saturated heterocycles. The van der Waals surface area contributed by atoms with Crippen molar-refractivity contribution < 1.29 is 18.0 Å². The number of halogens is 4. The van der Waals surface area contributed by atoms with Gasteiger partial charge in [0.25, 0.3) is 0 Å². The van der Waals surface area contributed by atoms with E-state index < -0.39 is 11.7 Å². The Bertz CT molecular complexity index is 795. The highest BCUT2D eigenvalue weighted by molar-refractivity contribution is 6.31. The molecule has 1 aliphatic carbocycles. The number of nitrogens with one attached hydrogen (secondary N) is 1. The molecule has 0 aromatic heterocycles. The average Bonchev–Trinajstić information content (AvgIpc) is 2.73. The Labute approximate surface area is 186 Å². The van der Waals surface area contributed by atoms with Crippen LogP contribution in [0.2, 0.25) is 5.02 Å². The molecule has 1 saturated carbocycles. The maximum absolute atomic E-state index is 13.1. The Morgan fingerprint density at radius 3 is 2.45 bits per heavy atom. The van der Waals surface area contributed by atoms with Gasteiger partial charge >= 0.3 is 6.18 Å². The molecule has 31 heavy (non-hydrogen) atoms. The van der Waals surface area contributed by atoms with Crippen molar-refractivity contribution in [3.63, 3.8) is 0 Å². The highest BCUT2D eigenvalue weighted by Crippen LogP contribution is 2.37. The Morgan fingerprint density at radius 1 is 1.16 bits per heavy atom. The van der Waals surface area contributed by atoms with Gasteiger partial charge in [0.2, 0.25) is 5.91 Å². The fraction of sp³-hybridized carbons (Fsp3) is 0.636. The van der Waals surface area contributed by atoms with E-state index in [9.17, 15) is 18.0 Å². The van der Waals surface area contributed by atoms with Gasteiger partial charge in [0.1, 0.15) is 6.42 Å². The highest BCUT2D eigenvalue weighted by atomic mass is 35.5. The highest BCUT2D eigenvalue weighted by Gasteiger charge is 2.34. The van der Waals surface area contributed by atoms with Crippen LogP contribution < -0.4 is 10.2 Å². The van der Waals surface area contributed by atoms with Gasteiger partial charge in [-0.25, -0.2) is 0 Å². The minimum Gasteiger partial charge on any atom is -0.369 e. The monoisotopic (exact) mass is 456 g/mol. The second-order valence-corrected chi connectivity index (χ2v) is 8.81. The number of hydrogen-bond donors (Lipinski definition) is 1. The first-order valence-corrected chi connectivity index (χ1v) is 11.1. The fourth-order valence-corrected chi connectivity index (χ4v) is 4.69. The average molecular weight is 457 g/mol. The predicted molar refractivity (Wildman–Crippen MR) is 114 cm³/mol. The molecule has 0 unspecified atom stereocenters. The molecule has 9 heteroatoms. The number of amides is 1. The van der Waals surface area contributed by atoms with Crippen molar-refractivity contribution in [2.24, 2.45) is 5.92 Å². The third-order valence-electron chi connectivity index (χ3n) is 6.30. The predicted octanol–water partition coefficient (Wildman–Crippen LogP) is 4.46. The van der Waals surface area contributed by atoms with Crippen LogP contribution in [0.1, 0.15) is 44.1 Å². The lowest BCUT2D eigenvalue weighted by Crippen LogP contribution is -2.47. The molecule has 0 radical (unpaired) electrons. The van der Waals surface area contributed by atoms with Crippen molar-refractivity contribution in [3.05, 3.63) is 28.8 Å². The smallest absolute Gasteiger partial charge is 0.369 e. The number of nitriles is 1. The fourth-order valence-electron chi connectivity index (χ4n) is 4.47. The van der Waals surface area contributed by atoms with Crippen LogP contribution in [-0.2, 0) is 11.0 Å². The molecule has 1 aromatic carbocycles. The molecule has 1 N–H and O–H groups in total. The summed E-state index contributed by atoms with van der Waals surface area (Å²) in [5, 5.41) is 11.2. The number of hydrogen-bond acceptors (Lipinski definition) is 4. The first-order chi connectivity index (χ1) is 14.8. The van der Waals surface area contributed by atoms with Crippen LogP contribution >= 0.6 is 11.6 Å². The second-order valence-electron chi connectivity index (χ2n) is 8.40. The lowest BCUT2D eigenvalue weighted by molar-refractivity contribution is -0.137. The standard InChI is InChI=1S/C22H28ClF3N4O/c23-20-6-5-18(15-19(20)22(24,25)26)30-13-11-29(12-14-30)10-8-16-1-3-17(4-2-16)28-21(31)7-9-27/h5-6,15-17H,1-4,7-8,10-14H2,(H,28,31). The van der Waals surface area contributed by atoms with Gasteiger partial charge in [-0.1, -0.05) is 11.6 Å². The Morgan fingerprint density at radius 2 is 1.84 bits per heavy atom. The van der Waals surface area contributed by atoms with Gasteiger partial charge in [-0.05, 0) is 62.8 Å². The summed E-state index contributed by atoms with van der Waals surface area (Å²) < 4.78 is 39.3. The van der Waals surface area contributed by atoms with E-state index in [0.29, 0.717) is 24.7 Å². The van der Waals surface area contributed by atoms with Crippen molar-refractivity contribution in [1.29, 1.82) is 5.26 Å². The third-order valence-corrected chi connectivity index (χ3v) is 6.63. The van der Waals surface area contributed by atoms with Crippen LogP contribution in [0.5, 0.6) is 0 Å². The molecule has 2 fully saturated rings. The van der Waals surface area contributed by atoms with Gasteiger partial charge < -0.3 is 10.2 Å². The number of nitrogens with zero attached hydrogens (tertiary/aromatic N) is 3. The molecule has 0 atom stereocenters. The quantitative estimate of drug-likeness (QED) is 0.686. The van der Waals surface area contributed by atoms with Crippen molar-refractivity contribution in [2.45, 2.75) is 50.7 Å². The number of rotatable bonds is 6. The van der Waals surface area contributed by atoms with Gasteiger partial charge in [-0.3, -0.25) is 9.69 Å². The topological polar surface area (TPSA) is 59.4 Å². The molecule has 170 valence electrons. The lowest BCUT2D eigenvalue weighted by Gasteiger charge is -2.37. The second kappa shape index (κ2) is 10.6. The largest absolute Gasteiger partial charge is 0.417 e. The number of piperazine rings is 1. The van der Waals surface area contributed by atoms with Crippen LogP contribution in [0.25, 0.3) is 0 Å². The first-order valence-electron chi connectivity index (χ1n) is 10.8. The summed E-state index contributed by atoms with van der Waals surface area (Å²) >= 11 is 5.73. The van der Waals surface area contributed by atoms with Gasteiger partial charge in [0, 0.05) is 37.9 Å². The summed E-state index contributed by atoms with van der Waals surface area (Å²) in [7, 11) is 0. The molecule has 2 aliphatic rings.